The fourth-order valence-electron chi connectivity index (χ4n) is 4.32. The first-order chi connectivity index (χ1) is 15.2. The van der Waals surface area contributed by atoms with Crippen LogP contribution in [-0.4, -0.2) is 24.1 Å². The fourth-order valence-corrected chi connectivity index (χ4v) is 5.96. The van der Waals surface area contributed by atoms with Crippen LogP contribution in [0.3, 0.4) is 0 Å². The molecule has 8 heteroatoms. The molecule has 1 aliphatic rings. The van der Waals surface area contributed by atoms with Crippen LogP contribution in [-0.2, 0) is 19.4 Å². The topological polar surface area (TPSA) is 65.1 Å². The summed E-state index contributed by atoms with van der Waals surface area (Å²) in [7, 11) is 0. The van der Waals surface area contributed by atoms with Crippen molar-refractivity contribution in [3.8, 4) is 11.4 Å². The minimum atomic E-state index is -0.156. The third-order valence-electron chi connectivity index (χ3n) is 5.83. The van der Waals surface area contributed by atoms with Crippen molar-refractivity contribution < 1.29 is 0 Å². The number of halogens is 1. The zero-order chi connectivity index (χ0) is 20.9. The zero-order valence-corrected chi connectivity index (χ0v) is 19.0. The number of rotatable bonds is 3. The van der Waals surface area contributed by atoms with E-state index in [9.17, 15) is 4.79 Å². The molecule has 1 aromatic carbocycles. The lowest BCUT2D eigenvalue weighted by Crippen LogP contribution is -2.28. The fraction of sp³-hybridized carbons (Fsp3) is 0.217. The lowest BCUT2D eigenvalue weighted by molar-refractivity contribution is 0.698. The van der Waals surface area contributed by atoms with E-state index in [1.807, 2.05) is 41.0 Å². The van der Waals surface area contributed by atoms with Gasteiger partial charge in [0.05, 0.1) is 11.9 Å². The van der Waals surface area contributed by atoms with E-state index in [-0.39, 0.29) is 5.69 Å². The molecule has 0 N–H and O–H groups in total. The van der Waals surface area contributed by atoms with Crippen LogP contribution in [0.4, 0.5) is 0 Å². The summed E-state index contributed by atoms with van der Waals surface area (Å²) in [5.41, 5.74) is 3.78. The number of hydrogen-bond acceptors (Lipinski definition) is 5. The molecular formula is C23H18BrN5OS. The summed E-state index contributed by atoms with van der Waals surface area (Å²) in [6, 6.07) is 11.8. The summed E-state index contributed by atoms with van der Waals surface area (Å²) < 4.78 is 4.37. The molecule has 6 rings (SSSR count). The van der Waals surface area contributed by atoms with Crippen molar-refractivity contribution in [1.82, 2.24) is 24.1 Å². The van der Waals surface area contributed by atoms with E-state index >= 15 is 0 Å². The molecule has 31 heavy (non-hydrogen) atoms. The Labute approximate surface area is 190 Å². The van der Waals surface area contributed by atoms with Crippen molar-refractivity contribution in [2.45, 2.75) is 32.2 Å². The number of thiophene rings is 1. The van der Waals surface area contributed by atoms with Crippen molar-refractivity contribution in [1.29, 1.82) is 0 Å². The van der Waals surface area contributed by atoms with Gasteiger partial charge in [0, 0.05) is 27.3 Å². The van der Waals surface area contributed by atoms with Gasteiger partial charge in [-0.2, -0.15) is 4.52 Å². The van der Waals surface area contributed by atoms with Gasteiger partial charge < -0.3 is 0 Å². The van der Waals surface area contributed by atoms with Gasteiger partial charge in [-0.1, -0.05) is 28.1 Å². The maximum atomic E-state index is 13.6. The molecule has 5 aromatic rings. The van der Waals surface area contributed by atoms with Gasteiger partial charge in [-0.25, -0.2) is 9.78 Å². The number of hydrogen-bond donors (Lipinski definition) is 0. The summed E-state index contributed by atoms with van der Waals surface area (Å²) in [6.07, 6.45) is 7.89. The van der Waals surface area contributed by atoms with E-state index in [0.29, 0.717) is 18.0 Å². The molecule has 0 spiro atoms. The Balaban J connectivity index is 1.65. The van der Waals surface area contributed by atoms with Gasteiger partial charge in [0.2, 0.25) is 0 Å². The molecule has 0 saturated heterocycles. The Hall–Kier alpha value is -2.84. The Morgan fingerprint density at radius 1 is 1.03 bits per heavy atom. The summed E-state index contributed by atoms with van der Waals surface area (Å²) in [6.45, 7) is 0.502. The first-order valence-corrected chi connectivity index (χ1v) is 11.9. The van der Waals surface area contributed by atoms with Crippen LogP contribution in [0.25, 0.3) is 27.3 Å². The lowest BCUT2D eigenvalue weighted by atomic mass is 9.97. The summed E-state index contributed by atoms with van der Waals surface area (Å²) in [5, 5.41) is 5.71. The first kappa shape index (κ1) is 18.9. The van der Waals surface area contributed by atoms with E-state index < -0.39 is 0 Å². The molecule has 4 aromatic heterocycles. The SMILES string of the molecule is O=c1n(Cc2ccc(Br)cc2)c2sc3c(c2c2nc(-c4ccncc4)nn12)CCCC3. The second-order valence-electron chi connectivity index (χ2n) is 7.79. The normalized spacial score (nSPS) is 13.7. The third-order valence-corrected chi connectivity index (χ3v) is 7.68. The third kappa shape index (κ3) is 3.13. The molecule has 154 valence electrons. The minimum Gasteiger partial charge on any atom is -0.278 e. The van der Waals surface area contributed by atoms with Crippen LogP contribution in [0.15, 0.2) is 58.1 Å². The predicted molar refractivity (Wildman–Crippen MR) is 126 cm³/mol. The van der Waals surface area contributed by atoms with E-state index in [1.165, 1.54) is 27.8 Å². The van der Waals surface area contributed by atoms with Crippen molar-refractivity contribution in [3.05, 3.63) is 79.8 Å². The number of aryl methyl sites for hydroxylation is 2. The van der Waals surface area contributed by atoms with Gasteiger partial charge in [-0.15, -0.1) is 16.4 Å². The number of aromatic nitrogens is 5. The molecule has 0 amide bonds. The number of nitrogens with zero attached hydrogens (tertiary/aromatic N) is 5. The lowest BCUT2D eigenvalue weighted by Gasteiger charge is -2.11. The van der Waals surface area contributed by atoms with Gasteiger partial charge in [0.15, 0.2) is 11.5 Å². The molecule has 0 bridgehead atoms. The Morgan fingerprint density at radius 2 is 1.81 bits per heavy atom. The smallest absolute Gasteiger partial charge is 0.278 e. The van der Waals surface area contributed by atoms with Crippen molar-refractivity contribution in [2.75, 3.05) is 0 Å². The average molecular weight is 492 g/mol. The Morgan fingerprint density at radius 3 is 2.61 bits per heavy atom. The monoisotopic (exact) mass is 491 g/mol. The van der Waals surface area contributed by atoms with Crippen molar-refractivity contribution in [2.24, 2.45) is 0 Å². The average Bonchev–Trinajstić information content (AvgIpc) is 3.40. The maximum Gasteiger partial charge on any atom is 0.352 e. The second-order valence-corrected chi connectivity index (χ2v) is 9.79. The van der Waals surface area contributed by atoms with Crippen LogP contribution < -0.4 is 5.69 Å². The highest BCUT2D eigenvalue weighted by molar-refractivity contribution is 9.10. The van der Waals surface area contributed by atoms with Gasteiger partial charge in [0.25, 0.3) is 0 Å². The number of pyridine rings is 1. The molecule has 4 heterocycles. The second kappa shape index (κ2) is 7.39. The van der Waals surface area contributed by atoms with Crippen LogP contribution in [0, 0.1) is 0 Å². The van der Waals surface area contributed by atoms with Crippen molar-refractivity contribution >= 4 is 43.1 Å². The van der Waals surface area contributed by atoms with Crippen LogP contribution >= 0.6 is 27.3 Å². The van der Waals surface area contributed by atoms with Gasteiger partial charge in [-0.3, -0.25) is 9.55 Å². The predicted octanol–water partition coefficient (Wildman–Crippen LogP) is 4.86. The highest BCUT2D eigenvalue weighted by Gasteiger charge is 2.24. The molecule has 1 aliphatic carbocycles. The van der Waals surface area contributed by atoms with Crippen LogP contribution in [0.1, 0.15) is 28.8 Å². The molecule has 0 atom stereocenters. The van der Waals surface area contributed by atoms with Crippen LogP contribution in [0.2, 0.25) is 0 Å². The van der Waals surface area contributed by atoms with Crippen molar-refractivity contribution in [3.63, 3.8) is 0 Å². The van der Waals surface area contributed by atoms with Crippen LogP contribution in [0.5, 0.6) is 0 Å². The molecule has 0 saturated carbocycles. The maximum absolute atomic E-state index is 13.6. The minimum absolute atomic E-state index is 0.156. The molecule has 0 unspecified atom stereocenters. The molecular weight excluding hydrogens is 474 g/mol. The first-order valence-electron chi connectivity index (χ1n) is 10.3. The molecule has 0 radical (unpaired) electrons. The van der Waals surface area contributed by atoms with E-state index in [1.54, 1.807) is 23.7 Å². The molecule has 6 nitrogen and oxygen atoms in total. The quantitative estimate of drug-likeness (QED) is 0.361. The molecule has 0 aliphatic heterocycles. The number of fused-ring (bicyclic) bond motifs is 5. The Bertz CT molecular complexity index is 1480. The number of benzene rings is 1. The Kier molecular flexibility index (Phi) is 4.50. The van der Waals surface area contributed by atoms with E-state index in [0.717, 1.165) is 38.7 Å². The van der Waals surface area contributed by atoms with Gasteiger partial charge >= 0.3 is 5.69 Å². The largest absolute Gasteiger partial charge is 0.352 e. The van der Waals surface area contributed by atoms with E-state index in [4.69, 9.17) is 4.98 Å². The van der Waals surface area contributed by atoms with E-state index in [2.05, 4.69) is 26.0 Å². The standard InChI is InChI=1S/C23H18BrN5OS/c24-16-7-5-14(6-8-16)13-28-22-19(17-3-1-2-4-18(17)31-22)21-26-20(27-29(21)23(28)30)15-9-11-25-12-10-15/h5-12H,1-4,13H2. The zero-order valence-electron chi connectivity index (χ0n) is 16.6. The highest BCUT2D eigenvalue weighted by Crippen LogP contribution is 2.38. The summed E-state index contributed by atoms with van der Waals surface area (Å²) in [5.74, 6) is 0.554. The summed E-state index contributed by atoms with van der Waals surface area (Å²) in [4.78, 5) is 24.9. The molecule has 0 fully saturated rings. The summed E-state index contributed by atoms with van der Waals surface area (Å²) >= 11 is 5.23. The highest BCUT2D eigenvalue weighted by atomic mass is 79.9. The van der Waals surface area contributed by atoms with Gasteiger partial charge in [0.1, 0.15) is 4.83 Å². The van der Waals surface area contributed by atoms with Gasteiger partial charge in [-0.05, 0) is 61.1 Å².